The molecule has 1 aliphatic heterocycles. The van der Waals surface area contributed by atoms with E-state index in [1.54, 1.807) is 12.3 Å². The highest BCUT2D eigenvalue weighted by atomic mass is 16.4. The molecule has 2 heterocycles. The first-order valence-electron chi connectivity index (χ1n) is 7.63. The molecular weight excluding hydrogens is 264 g/mol. The Morgan fingerprint density at radius 2 is 2.10 bits per heavy atom. The molecule has 1 N–H and O–H groups in total. The molecule has 1 aromatic heterocycles. The van der Waals surface area contributed by atoms with Crippen molar-refractivity contribution in [3.63, 3.8) is 0 Å². The lowest BCUT2D eigenvalue weighted by Crippen LogP contribution is -2.30. The summed E-state index contributed by atoms with van der Waals surface area (Å²) in [6, 6.07) is 8.26. The highest BCUT2D eigenvalue weighted by molar-refractivity contribution is 6.03. The van der Waals surface area contributed by atoms with E-state index in [2.05, 4.69) is 16.0 Å². The molecule has 21 heavy (non-hydrogen) atoms. The lowest BCUT2D eigenvalue weighted by molar-refractivity contribution is 0.0699. The highest BCUT2D eigenvalue weighted by Crippen LogP contribution is 2.42. The van der Waals surface area contributed by atoms with E-state index < -0.39 is 5.97 Å². The van der Waals surface area contributed by atoms with Crippen LogP contribution in [0.5, 0.6) is 0 Å². The molecule has 0 radical (unpaired) electrons. The Morgan fingerprint density at radius 3 is 2.86 bits per heavy atom. The van der Waals surface area contributed by atoms with Gasteiger partial charge in [0.2, 0.25) is 0 Å². The summed E-state index contributed by atoms with van der Waals surface area (Å²) in [5, 5.41) is 10.1. The summed E-state index contributed by atoms with van der Waals surface area (Å²) in [4.78, 5) is 18.1. The Hall–Kier alpha value is -2.10. The number of fused-ring (bicyclic) bond motifs is 1. The third-order valence-corrected chi connectivity index (χ3v) is 4.75. The summed E-state index contributed by atoms with van der Waals surface area (Å²) in [7, 11) is 0. The lowest BCUT2D eigenvalue weighted by atomic mass is 10.1. The van der Waals surface area contributed by atoms with Crippen LogP contribution < -0.4 is 4.90 Å². The Kier molecular flexibility index (Phi) is 2.84. The Labute approximate surface area is 123 Å². The summed E-state index contributed by atoms with van der Waals surface area (Å²) < 4.78 is 0. The Balaban J connectivity index is 1.79. The minimum absolute atomic E-state index is 0.337. The topological polar surface area (TPSA) is 53.4 Å². The van der Waals surface area contributed by atoms with Gasteiger partial charge in [0, 0.05) is 29.9 Å². The molecule has 4 rings (SSSR count). The maximum Gasteiger partial charge on any atom is 0.336 e. The number of carboxylic acid groups (broad SMARTS) is 1. The Bertz CT molecular complexity index is 709. The van der Waals surface area contributed by atoms with Gasteiger partial charge >= 0.3 is 5.97 Å². The maximum absolute atomic E-state index is 11.4. The molecule has 0 spiro atoms. The van der Waals surface area contributed by atoms with E-state index >= 15 is 0 Å². The van der Waals surface area contributed by atoms with Crippen molar-refractivity contribution in [2.24, 2.45) is 5.92 Å². The molecule has 1 unspecified atom stereocenters. The summed E-state index contributed by atoms with van der Waals surface area (Å²) in [6.07, 6.45) is 6.75. The molecule has 108 valence electrons. The van der Waals surface area contributed by atoms with Crippen LogP contribution in [0.4, 0.5) is 5.69 Å². The van der Waals surface area contributed by atoms with Crippen molar-refractivity contribution < 1.29 is 9.90 Å². The van der Waals surface area contributed by atoms with Crippen LogP contribution in [0, 0.1) is 5.92 Å². The van der Waals surface area contributed by atoms with Crippen LogP contribution in [0.25, 0.3) is 10.9 Å². The summed E-state index contributed by atoms with van der Waals surface area (Å²) >= 11 is 0. The van der Waals surface area contributed by atoms with Gasteiger partial charge in [0.1, 0.15) is 0 Å². The van der Waals surface area contributed by atoms with Crippen molar-refractivity contribution in [2.75, 3.05) is 11.4 Å². The minimum atomic E-state index is -0.889. The quantitative estimate of drug-likeness (QED) is 0.938. The van der Waals surface area contributed by atoms with Gasteiger partial charge < -0.3 is 10.0 Å². The van der Waals surface area contributed by atoms with Crippen molar-refractivity contribution in [3.05, 3.63) is 36.0 Å². The molecule has 0 amide bonds. The minimum Gasteiger partial charge on any atom is -0.478 e. The molecule has 4 heteroatoms. The second-order valence-electron chi connectivity index (χ2n) is 6.11. The molecular formula is C17H18N2O2. The number of carboxylic acids is 1. The largest absolute Gasteiger partial charge is 0.478 e. The first-order chi connectivity index (χ1) is 10.2. The number of nitrogens with zero attached hydrogens (tertiary/aromatic N) is 2. The fourth-order valence-corrected chi connectivity index (χ4v) is 3.58. The SMILES string of the molecule is O=C(O)c1ccnc2ccc(N3CCCC3C3CC3)cc12. The second-order valence-corrected chi connectivity index (χ2v) is 6.11. The van der Waals surface area contributed by atoms with Gasteiger partial charge in [0.25, 0.3) is 0 Å². The molecule has 2 aliphatic rings. The summed E-state index contributed by atoms with van der Waals surface area (Å²) in [5.41, 5.74) is 2.23. The van der Waals surface area contributed by atoms with Gasteiger partial charge in [-0.1, -0.05) is 0 Å². The predicted molar refractivity (Wildman–Crippen MR) is 81.8 cm³/mol. The number of anilines is 1. The number of hydrogen-bond acceptors (Lipinski definition) is 3. The highest BCUT2D eigenvalue weighted by Gasteiger charge is 2.38. The van der Waals surface area contributed by atoms with Crippen LogP contribution >= 0.6 is 0 Å². The first-order valence-corrected chi connectivity index (χ1v) is 7.63. The molecule has 1 saturated carbocycles. The van der Waals surface area contributed by atoms with Crippen molar-refractivity contribution in [1.82, 2.24) is 4.98 Å². The van der Waals surface area contributed by atoms with Crippen LogP contribution in [-0.2, 0) is 0 Å². The normalized spacial score (nSPS) is 21.9. The van der Waals surface area contributed by atoms with E-state index in [0.29, 0.717) is 11.6 Å². The Morgan fingerprint density at radius 1 is 1.24 bits per heavy atom. The van der Waals surface area contributed by atoms with Gasteiger partial charge in [-0.25, -0.2) is 4.79 Å². The van der Waals surface area contributed by atoms with Gasteiger partial charge in [-0.3, -0.25) is 4.98 Å². The maximum atomic E-state index is 11.4. The predicted octanol–water partition coefficient (Wildman–Crippen LogP) is 3.31. The number of carbonyl (C=O) groups is 1. The lowest BCUT2D eigenvalue weighted by Gasteiger charge is -2.27. The average molecular weight is 282 g/mol. The molecule has 0 bridgehead atoms. The second kappa shape index (κ2) is 4.72. The van der Waals surface area contributed by atoms with Gasteiger partial charge in [-0.2, -0.15) is 0 Å². The zero-order chi connectivity index (χ0) is 14.4. The van der Waals surface area contributed by atoms with Crippen LogP contribution in [0.1, 0.15) is 36.0 Å². The molecule has 2 aromatic rings. The zero-order valence-corrected chi connectivity index (χ0v) is 11.8. The van der Waals surface area contributed by atoms with Crippen molar-refractivity contribution in [1.29, 1.82) is 0 Å². The number of hydrogen-bond donors (Lipinski definition) is 1. The monoisotopic (exact) mass is 282 g/mol. The summed E-state index contributed by atoms with van der Waals surface area (Å²) in [6.45, 7) is 1.08. The van der Waals surface area contributed by atoms with Gasteiger partial charge in [-0.15, -0.1) is 0 Å². The number of pyridine rings is 1. The fourth-order valence-electron chi connectivity index (χ4n) is 3.58. The van der Waals surface area contributed by atoms with Crippen molar-refractivity contribution >= 4 is 22.6 Å². The van der Waals surface area contributed by atoms with E-state index in [1.165, 1.54) is 25.7 Å². The van der Waals surface area contributed by atoms with Crippen LogP contribution in [0.15, 0.2) is 30.5 Å². The third-order valence-electron chi connectivity index (χ3n) is 4.75. The van der Waals surface area contributed by atoms with E-state index in [-0.39, 0.29) is 0 Å². The van der Waals surface area contributed by atoms with Gasteiger partial charge in [0.05, 0.1) is 11.1 Å². The first kappa shape index (κ1) is 12.6. The molecule has 1 saturated heterocycles. The third kappa shape index (κ3) is 2.15. The van der Waals surface area contributed by atoms with Crippen molar-refractivity contribution in [2.45, 2.75) is 31.7 Å². The number of benzene rings is 1. The van der Waals surface area contributed by atoms with Crippen LogP contribution in [0.2, 0.25) is 0 Å². The van der Waals surface area contributed by atoms with E-state index in [0.717, 1.165) is 29.1 Å². The van der Waals surface area contributed by atoms with Crippen molar-refractivity contribution in [3.8, 4) is 0 Å². The summed E-state index contributed by atoms with van der Waals surface area (Å²) in [5.74, 6) is -0.0456. The number of rotatable bonds is 3. The molecule has 2 fully saturated rings. The smallest absolute Gasteiger partial charge is 0.336 e. The molecule has 1 atom stereocenters. The van der Waals surface area contributed by atoms with Gasteiger partial charge in [-0.05, 0) is 55.9 Å². The van der Waals surface area contributed by atoms with Gasteiger partial charge in [0.15, 0.2) is 0 Å². The molecule has 1 aromatic carbocycles. The molecule has 4 nitrogen and oxygen atoms in total. The molecule has 1 aliphatic carbocycles. The van der Waals surface area contributed by atoms with E-state index in [4.69, 9.17) is 0 Å². The fraction of sp³-hybridized carbons (Fsp3) is 0.412. The van der Waals surface area contributed by atoms with E-state index in [1.807, 2.05) is 12.1 Å². The van der Waals surface area contributed by atoms with E-state index in [9.17, 15) is 9.90 Å². The number of aromatic carboxylic acids is 1. The van der Waals surface area contributed by atoms with Crippen LogP contribution in [-0.4, -0.2) is 28.6 Å². The standard InChI is InChI=1S/C17H18N2O2/c20-17(21)13-7-8-18-15-6-5-12(10-14(13)15)19-9-1-2-16(19)11-3-4-11/h5-8,10-11,16H,1-4,9H2,(H,20,21). The number of aromatic nitrogens is 1. The average Bonchev–Trinajstić information content (AvgIpc) is 3.23. The zero-order valence-electron chi connectivity index (χ0n) is 11.8. The van der Waals surface area contributed by atoms with Crippen LogP contribution in [0.3, 0.4) is 0 Å².